The summed E-state index contributed by atoms with van der Waals surface area (Å²) in [6, 6.07) is 0. The lowest BCUT2D eigenvalue weighted by Gasteiger charge is -2.26. The molecule has 132 valence electrons. The Morgan fingerprint density at radius 1 is 1.00 bits per heavy atom. The van der Waals surface area contributed by atoms with Crippen LogP contribution in [-0.4, -0.2) is 60.9 Å². The third-order valence-electron chi connectivity index (χ3n) is 2.75. The van der Waals surface area contributed by atoms with E-state index in [1.165, 1.54) is 0 Å². The number of esters is 1. The summed E-state index contributed by atoms with van der Waals surface area (Å²) in [4.78, 5) is 12.1. The van der Waals surface area contributed by atoms with Gasteiger partial charge in [0.15, 0.2) is 5.60 Å². The van der Waals surface area contributed by atoms with Gasteiger partial charge in [-0.05, 0) is 48.5 Å². The van der Waals surface area contributed by atoms with Crippen LogP contribution in [0.2, 0.25) is 0 Å². The highest BCUT2D eigenvalue weighted by Gasteiger charge is 2.31. The van der Waals surface area contributed by atoms with E-state index in [4.69, 9.17) is 24.1 Å². The Morgan fingerprint density at radius 2 is 1.59 bits per heavy atom. The van der Waals surface area contributed by atoms with Gasteiger partial charge in [-0.1, -0.05) is 0 Å². The molecule has 0 aromatic heterocycles. The fourth-order valence-corrected chi connectivity index (χ4v) is 1.61. The molecule has 0 heterocycles. The predicted octanol–water partition coefficient (Wildman–Crippen LogP) is 1.92. The van der Waals surface area contributed by atoms with Gasteiger partial charge in [0.25, 0.3) is 0 Å². The zero-order valence-corrected chi connectivity index (χ0v) is 14.9. The minimum atomic E-state index is -1.06. The molecule has 22 heavy (non-hydrogen) atoms. The van der Waals surface area contributed by atoms with Gasteiger partial charge in [0, 0.05) is 0 Å². The molecule has 0 spiro atoms. The Hall–Kier alpha value is -0.690. The van der Waals surface area contributed by atoms with E-state index in [1.54, 1.807) is 20.8 Å². The molecule has 0 rings (SSSR count). The monoisotopic (exact) mass is 320 g/mol. The minimum absolute atomic E-state index is 0.0878. The lowest BCUT2D eigenvalue weighted by molar-refractivity contribution is -0.176. The van der Waals surface area contributed by atoms with Crippen molar-refractivity contribution in [2.45, 2.75) is 78.5 Å². The number of aliphatic hydroxyl groups excluding tert-OH is 1. The molecule has 0 aliphatic carbocycles. The second-order valence-electron chi connectivity index (χ2n) is 6.41. The summed E-state index contributed by atoms with van der Waals surface area (Å²) in [6.07, 6.45) is -0.814. The Balaban J connectivity index is 4.11. The molecule has 3 unspecified atom stereocenters. The molecular weight excluding hydrogens is 288 g/mol. The summed E-state index contributed by atoms with van der Waals surface area (Å²) < 4.78 is 21.7. The topological polar surface area (TPSA) is 74.2 Å². The van der Waals surface area contributed by atoms with E-state index in [1.807, 2.05) is 27.7 Å². The van der Waals surface area contributed by atoms with Gasteiger partial charge < -0.3 is 24.1 Å². The van der Waals surface area contributed by atoms with Gasteiger partial charge in [-0.3, -0.25) is 0 Å². The molecule has 6 heteroatoms. The van der Waals surface area contributed by atoms with Crippen molar-refractivity contribution in [2.75, 3.05) is 19.8 Å². The van der Waals surface area contributed by atoms with Gasteiger partial charge in [-0.2, -0.15) is 0 Å². The number of rotatable bonds is 11. The highest BCUT2D eigenvalue weighted by atomic mass is 16.6. The van der Waals surface area contributed by atoms with Crippen molar-refractivity contribution in [3.8, 4) is 0 Å². The van der Waals surface area contributed by atoms with Crippen molar-refractivity contribution in [2.24, 2.45) is 0 Å². The maximum atomic E-state index is 12.1. The number of ether oxygens (including phenoxy) is 4. The standard InChI is InChI=1S/C16H32O6/c1-11(2)22-14(5)9-20-15(18)16(6,7)21-10-13(4)19-8-12(3)17/h11-14,17H,8-10H2,1-7H3. The summed E-state index contributed by atoms with van der Waals surface area (Å²) in [5.74, 6) is -0.436. The van der Waals surface area contributed by atoms with Gasteiger partial charge in [0.2, 0.25) is 0 Å². The smallest absolute Gasteiger partial charge is 0.337 e. The molecule has 1 N–H and O–H groups in total. The van der Waals surface area contributed by atoms with Crippen molar-refractivity contribution >= 4 is 5.97 Å². The Morgan fingerprint density at radius 3 is 2.09 bits per heavy atom. The van der Waals surface area contributed by atoms with Crippen LogP contribution in [0.5, 0.6) is 0 Å². The molecule has 0 aliphatic heterocycles. The molecule has 0 amide bonds. The van der Waals surface area contributed by atoms with E-state index in [0.717, 1.165) is 0 Å². The number of aliphatic hydroxyl groups is 1. The summed E-state index contributed by atoms with van der Waals surface area (Å²) >= 11 is 0. The van der Waals surface area contributed by atoms with E-state index < -0.39 is 17.7 Å². The van der Waals surface area contributed by atoms with Crippen LogP contribution in [0.3, 0.4) is 0 Å². The van der Waals surface area contributed by atoms with Gasteiger partial charge in [-0.25, -0.2) is 4.79 Å². The fourth-order valence-electron chi connectivity index (χ4n) is 1.61. The van der Waals surface area contributed by atoms with E-state index >= 15 is 0 Å². The zero-order valence-electron chi connectivity index (χ0n) is 14.9. The third kappa shape index (κ3) is 10.1. The number of carbonyl (C=O) groups is 1. The van der Waals surface area contributed by atoms with Crippen LogP contribution in [0.4, 0.5) is 0 Å². The molecule has 0 aliphatic rings. The normalized spacial score (nSPS) is 16.4. The molecule has 0 radical (unpaired) electrons. The first-order chi connectivity index (χ1) is 10.0. The molecule has 3 atom stereocenters. The quantitative estimate of drug-likeness (QED) is 0.586. The number of hydrogen-bond acceptors (Lipinski definition) is 6. The highest BCUT2D eigenvalue weighted by molar-refractivity contribution is 5.78. The van der Waals surface area contributed by atoms with Crippen LogP contribution in [0.25, 0.3) is 0 Å². The zero-order chi connectivity index (χ0) is 17.3. The molecule has 0 saturated carbocycles. The van der Waals surface area contributed by atoms with Crippen LogP contribution in [0.1, 0.15) is 48.5 Å². The van der Waals surface area contributed by atoms with Crippen LogP contribution < -0.4 is 0 Å². The highest BCUT2D eigenvalue weighted by Crippen LogP contribution is 2.13. The average molecular weight is 320 g/mol. The van der Waals surface area contributed by atoms with Gasteiger partial charge in [0.1, 0.15) is 6.61 Å². The first-order valence-electron chi connectivity index (χ1n) is 7.81. The lowest BCUT2D eigenvalue weighted by atomic mass is 10.1. The van der Waals surface area contributed by atoms with Crippen LogP contribution in [-0.2, 0) is 23.7 Å². The molecular formula is C16H32O6. The SMILES string of the molecule is CC(O)COC(C)COC(C)(C)C(=O)OCC(C)OC(C)C. The van der Waals surface area contributed by atoms with E-state index in [2.05, 4.69) is 0 Å². The van der Waals surface area contributed by atoms with Gasteiger partial charge in [0.05, 0.1) is 37.6 Å². The average Bonchev–Trinajstić information content (AvgIpc) is 2.39. The molecule has 0 bridgehead atoms. The van der Waals surface area contributed by atoms with Gasteiger partial charge >= 0.3 is 5.97 Å². The summed E-state index contributed by atoms with van der Waals surface area (Å²) in [6.45, 7) is 13.2. The Bertz CT molecular complexity index is 314. The summed E-state index contributed by atoms with van der Waals surface area (Å²) in [7, 11) is 0. The molecule has 0 aromatic carbocycles. The molecule has 0 fully saturated rings. The number of hydrogen-bond donors (Lipinski definition) is 1. The predicted molar refractivity (Wildman–Crippen MR) is 83.8 cm³/mol. The van der Waals surface area contributed by atoms with E-state index in [0.29, 0.717) is 0 Å². The van der Waals surface area contributed by atoms with Crippen molar-refractivity contribution in [1.82, 2.24) is 0 Å². The fraction of sp³-hybridized carbons (Fsp3) is 0.938. The molecule has 0 saturated heterocycles. The Labute approximate surface area is 134 Å². The second-order valence-corrected chi connectivity index (χ2v) is 6.41. The van der Waals surface area contributed by atoms with Crippen molar-refractivity contribution in [1.29, 1.82) is 0 Å². The van der Waals surface area contributed by atoms with Crippen LogP contribution in [0, 0.1) is 0 Å². The van der Waals surface area contributed by atoms with Crippen molar-refractivity contribution in [3.63, 3.8) is 0 Å². The molecule has 6 nitrogen and oxygen atoms in total. The Kier molecular flexibility index (Phi) is 9.84. The van der Waals surface area contributed by atoms with E-state index in [-0.39, 0.29) is 38.1 Å². The van der Waals surface area contributed by atoms with Crippen molar-refractivity contribution in [3.05, 3.63) is 0 Å². The third-order valence-corrected chi connectivity index (χ3v) is 2.75. The maximum absolute atomic E-state index is 12.1. The number of carbonyl (C=O) groups excluding carboxylic acids is 1. The summed E-state index contributed by atoms with van der Waals surface area (Å²) in [5, 5.41) is 9.15. The first kappa shape index (κ1) is 21.3. The largest absolute Gasteiger partial charge is 0.461 e. The first-order valence-corrected chi connectivity index (χ1v) is 7.81. The molecule has 0 aromatic rings. The van der Waals surface area contributed by atoms with Crippen LogP contribution >= 0.6 is 0 Å². The van der Waals surface area contributed by atoms with Crippen molar-refractivity contribution < 1.29 is 28.8 Å². The lowest BCUT2D eigenvalue weighted by Crippen LogP contribution is -2.40. The van der Waals surface area contributed by atoms with E-state index in [9.17, 15) is 4.79 Å². The maximum Gasteiger partial charge on any atom is 0.337 e. The van der Waals surface area contributed by atoms with Crippen LogP contribution in [0.15, 0.2) is 0 Å². The summed E-state index contributed by atoms with van der Waals surface area (Å²) in [5.41, 5.74) is -1.06. The minimum Gasteiger partial charge on any atom is -0.461 e. The van der Waals surface area contributed by atoms with Gasteiger partial charge in [-0.15, -0.1) is 0 Å². The second kappa shape index (κ2) is 10.2.